The van der Waals surface area contributed by atoms with Crippen LogP contribution >= 0.6 is 11.6 Å². The molecule has 4 aromatic rings. The van der Waals surface area contributed by atoms with Crippen molar-refractivity contribution >= 4 is 11.6 Å². The first-order chi connectivity index (χ1) is 17.2. The first kappa shape index (κ1) is 25.3. The third kappa shape index (κ3) is 6.65. The van der Waals surface area contributed by atoms with Crippen molar-refractivity contribution in [3.8, 4) is 33.4 Å². The molecule has 0 fully saturated rings. The monoisotopic (exact) mass is 480 g/mol. The zero-order chi connectivity index (χ0) is 24.5. The minimum absolute atomic E-state index is 0.834. The van der Waals surface area contributed by atoms with Crippen molar-refractivity contribution in [2.24, 2.45) is 0 Å². The second kappa shape index (κ2) is 12.8. The Balaban J connectivity index is 1.68. The molecular formula is C34H37Cl. The summed E-state index contributed by atoms with van der Waals surface area (Å²) in [6.07, 6.45) is 9.79. The van der Waals surface area contributed by atoms with Gasteiger partial charge in [0.2, 0.25) is 0 Å². The summed E-state index contributed by atoms with van der Waals surface area (Å²) in [5.74, 6) is 0. The maximum absolute atomic E-state index is 6.86. The minimum atomic E-state index is 0.834. The molecule has 0 spiro atoms. The van der Waals surface area contributed by atoms with Gasteiger partial charge in [0, 0.05) is 10.6 Å². The number of benzene rings is 4. The smallest absolute Gasteiger partial charge is 0.0487 e. The van der Waals surface area contributed by atoms with Crippen LogP contribution in [0.25, 0.3) is 33.4 Å². The van der Waals surface area contributed by atoms with Gasteiger partial charge in [0.1, 0.15) is 0 Å². The van der Waals surface area contributed by atoms with Crippen LogP contribution in [0.1, 0.15) is 63.5 Å². The molecule has 0 unspecified atom stereocenters. The third-order valence-electron chi connectivity index (χ3n) is 6.85. The second-order valence-corrected chi connectivity index (χ2v) is 9.96. The molecule has 0 nitrogen and oxygen atoms in total. The average Bonchev–Trinajstić information content (AvgIpc) is 2.90. The molecule has 0 saturated heterocycles. The van der Waals surface area contributed by atoms with Crippen LogP contribution in [0.3, 0.4) is 0 Å². The van der Waals surface area contributed by atoms with Gasteiger partial charge in [0.25, 0.3) is 0 Å². The van der Waals surface area contributed by atoms with Gasteiger partial charge in [-0.25, -0.2) is 0 Å². The number of hydrogen-bond acceptors (Lipinski definition) is 0. The lowest BCUT2D eigenvalue weighted by Crippen LogP contribution is -1.91. The van der Waals surface area contributed by atoms with Crippen LogP contribution < -0.4 is 0 Å². The Kier molecular flexibility index (Phi) is 9.21. The van der Waals surface area contributed by atoms with Crippen molar-refractivity contribution in [3.05, 3.63) is 107 Å². The number of rotatable bonds is 11. The minimum Gasteiger partial charge on any atom is -0.0837 e. The molecule has 0 radical (unpaired) electrons. The summed E-state index contributed by atoms with van der Waals surface area (Å²) >= 11 is 6.86. The van der Waals surface area contributed by atoms with Crippen molar-refractivity contribution < 1.29 is 0 Å². The molecule has 180 valence electrons. The first-order valence-electron chi connectivity index (χ1n) is 13.3. The van der Waals surface area contributed by atoms with E-state index in [-0.39, 0.29) is 0 Å². The maximum Gasteiger partial charge on any atom is 0.0487 e. The Morgan fingerprint density at radius 2 is 1.09 bits per heavy atom. The summed E-state index contributed by atoms with van der Waals surface area (Å²) in [7, 11) is 0. The number of unbranched alkanes of at least 4 members (excludes halogenated alkanes) is 4. The zero-order valence-electron chi connectivity index (χ0n) is 21.2. The standard InChI is InChI=1S/C34H37Cl/c1-3-5-8-12-26-16-19-28(20-17-26)30-21-23-31(33(25-30)29-14-10-7-11-15-29)32-22-18-27(24-34(32)35)13-9-6-4-2/h7,10-11,14-25H,3-6,8-9,12-13H2,1-2H3. The largest absolute Gasteiger partial charge is 0.0837 e. The quantitative estimate of drug-likeness (QED) is 0.187. The lowest BCUT2D eigenvalue weighted by atomic mass is 9.90. The fourth-order valence-corrected chi connectivity index (χ4v) is 5.07. The van der Waals surface area contributed by atoms with Gasteiger partial charge in [0.05, 0.1) is 0 Å². The van der Waals surface area contributed by atoms with Crippen molar-refractivity contribution in [1.82, 2.24) is 0 Å². The van der Waals surface area contributed by atoms with Crippen LogP contribution in [0.4, 0.5) is 0 Å². The van der Waals surface area contributed by atoms with Crippen LogP contribution in [0.15, 0.2) is 91.0 Å². The average molecular weight is 481 g/mol. The van der Waals surface area contributed by atoms with Crippen LogP contribution in [0, 0.1) is 0 Å². The van der Waals surface area contributed by atoms with E-state index in [1.54, 1.807) is 0 Å². The Morgan fingerprint density at radius 3 is 1.74 bits per heavy atom. The van der Waals surface area contributed by atoms with Gasteiger partial charge in [-0.2, -0.15) is 0 Å². The van der Waals surface area contributed by atoms with E-state index in [1.165, 1.54) is 77.5 Å². The number of hydrogen-bond donors (Lipinski definition) is 0. The highest BCUT2D eigenvalue weighted by molar-refractivity contribution is 6.33. The van der Waals surface area contributed by atoms with Crippen LogP contribution in [-0.2, 0) is 12.8 Å². The van der Waals surface area contributed by atoms with Gasteiger partial charge in [0.15, 0.2) is 0 Å². The lowest BCUT2D eigenvalue weighted by Gasteiger charge is -2.15. The normalized spacial score (nSPS) is 11.1. The Hall–Kier alpha value is -2.83. The summed E-state index contributed by atoms with van der Waals surface area (Å²) in [4.78, 5) is 0. The van der Waals surface area contributed by atoms with E-state index in [1.807, 2.05) is 0 Å². The van der Waals surface area contributed by atoms with E-state index in [9.17, 15) is 0 Å². The number of halogens is 1. The topological polar surface area (TPSA) is 0 Å². The molecule has 1 heteroatoms. The van der Waals surface area contributed by atoms with E-state index < -0.39 is 0 Å². The lowest BCUT2D eigenvalue weighted by molar-refractivity contribution is 0.717. The van der Waals surface area contributed by atoms with Crippen LogP contribution in [0.2, 0.25) is 5.02 Å². The molecule has 35 heavy (non-hydrogen) atoms. The first-order valence-corrected chi connectivity index (χ1v) is 13.6. The third-order valence-corrected chi connectivity index (χ3v) is 7.17. The summed E-state index contributed by atoms with van der Waals surface area (Å²) in [6, 6.07) is 33.2. The van der Waals surface area contributed by atoms with Crippen molar-refractivity contribution in [3.63, 3.8) is 0 Å². The van der Waals surface area contributed by atoms with Gasteiger partial charge in [-0.3, -0.25) is 0 Å². The molecule has 0 aromatic heterocycles. The summed E-state index contributed by atoms with van der Waals surface area (Å²) < 4.78 is 0. The van der Waals surface area contributed by atoms with E-state index in [0.717, 1.165) is 23.4 Å². The van der Waals surface area contributed by atoms with E-state index in [2.05, 4.69) is 105 Å². The molecule has 0 saturated carbocycles. The molecule has 0 bridgehead atoms. The summed E-state index contributed by atoms with van der Waals surface area (Å²) in [5.41, 5.74) is 9.95. The predicted molar refractivity (Wildman–Crippen MR) is 154 cm³/mol. The fourth-order valence-electron chi connectivity index (χ4n) is 4.77. The Morgan fingerprint density at radius 1 is 0.486 bits per heavy atom. The molecule has 4 aromatic carbocycles. The Bertz CT molecular complexity index is 1210. The SMILES string of the molecule is CCCCCc1ccc(-c2ccc(-c3ccc(CCCCC)cc3Cl)c(-c3ccccc3)c2)cc1. The fraction of sp³-hybridized carbons (Fsp3) is 0.294. The van der Waals surface area contributed by atoms with E-state index in [4.69, 9.17) is 11.6 Å². The summed E-state index contributed by atoms with van der Waals surface area (Å²) in [6.45, 7) is 4.50. The van der Waals surface area contributed by atoms with Crippen LogP contribution in [0.5, 0.6) is 0 Å². The van der Waals surface area contributed by atoms with Gasteiger partial charge in [-0.05, 0) is 76.8 Å². The second-order valence-electron chi connectivity index (χ2n) is 9.55. The molecule has 0 amide bonds. The van der Waals surface area contributed by atoms with Crippen molar-refractivity contribution in [2.45, 2.75) is 65.2 Å². The predicted octanol–water partition coefficient (Wildman–Crippen LogP) is 10.8. The maximum atomic E-state index is 6.86. The van der Waals surface area contributed by atoms with Gasteiger partial charge in [-0.1, -0.05) is 130 Å². The Labute approximate surface area is 217 Å². The molecule has 0 atom stereocenters. The zero-order valence-corrected chi connectivity index (χ0v) is 22.0. The van der Waals surface area contributed by atoms with E-state index in [0.29, 0.717) is 0 Å². The van der Waals surface area contributed by atoms with Gasteiger partial charge in [-0.15, -0.1) is 0 Å². The highest BCUT2D eigenvalue weighted by Crippen LogP contribution is 2.39. The number of aryl methyl sites for hydroxylation is 2. The highest BCUT2D eigenvalue weighted by Gasteiger charge is 2.13. The van der Waals surface area contributed by atoms with Crippen molar-refractivity contribution in [2.75, 3.05) is 0 Å². The van der Waals surface area contributed by atoms with E-state index >= 15 is 0 Å². The molecular weight excluding hydrogens is 444 g/mol. The molecule has 0 aliphatic rings. The molecule has 0 N–H and O–H groups in total. The van der Waals surface area contributed by atoms with Gasteiger partial charge < -0.3 is 0 Å². The molecule has 0 aliphatic heterocycles. The van der Waals surface area contributed by atoms with Gasteiger partial charge >= 0.3 is 0 Å². The molecule has 0 aliphatic carbocycles. The van der Waals surface area contributed by atoms with Crippen molar-refractivity contribution in [1.29, 1.82) is 0 Å². The highest BCUT2D eigenvalue weighted by atomic mass is 35.5. The van der Waals surface area contributed by atoms with Crippen LogP contribution in [-0.4, -0.2) is 0 Å². The summed E-state index contributed by atoms with van der Waals surface area (Å²) in [5, 5.41) is 0.834. The molecule has 0 heterocycles. The molecule has 4 rings (SSSR count).